The minimum absolute atomic E-state index is 0.142. The molecule has 106 valence electrons. The van der Waals surface area contributed by atoms with Crippen molar-refractivity contribution in [2.24, 2.45) is 5.41 Å². The molecule has 5 heteroatoms. The van der Waals surface area contributed by atoms with Crippen LogP contribution in [0.1, 0.15) is 26.3 Å². The molecule has 19 heavy (non-hydrogen) atoms. The molecule has 0 bridgehead atoms. The van der Waals surface area contributed by atoms with Gasteiger partial charge in [-0.3, -0.25) is 4.79 Å². The molecule has 0 saturated carbocycles. The van der Waals surface area contributed by atoms with Crippen LogP contribution in [0.5, 0.6) is 5.75 Å². The summed E-state index contributed by atoms with van der Waals surface area (Å²) in [6.45, 7) is 7.04. The van der Waals surface area contributed by atoms with Crippen molar-refractivity contribution in [1.82, 2.24) is 5.32 Å². The molecule has 1 aromatic carbocycles. The number of ether oxygens (including phenoxy) is 1. The lowest BCUT2D eigenvalue weighted by molar-refractivity contribution is -0.148. The predicted molar refractivity (Wildman–Crippen MR) is 78.4 cm³/mol. The number of carboxylic acids is 1. The van der Waals surface area contributed by atoms with Crippen LogP contribution >= 0.6 is 15.9 Å². The van der Waals surface area contributed by atoms with E-state index in [0.717, 1.165) is 22.3 Å². The highest BCUT2D eigenvalue weighted by molar-refractivity contribution is 9.10. The molecule has 0 atom stereocenters. The van der Waals surface area contributed by atoms with E-state index >= 15 is 0 Å². The maximum Gasteiger partial charge on any atom is 0.312 e. The molecule has 0 unspecified atom stereocenters. The summed E-state index contributed by atoms with van der Waals surface area (Å²) in [5, 5.41) is 12.3. The van der Waals surface area contributed by atoms with E-state index in [4.69, 9.17) is 9.84 Å². The highest BCUT2D eigenvalue weighted by Gasteiger charge is 2.28. The van der Waals surface area contributed by atoms with E-state index in [2.05, 4.69) is 21.2 Å². The van der Waals surface area contributed by atoms with E-state index in [-0.39, 0.29) is 6.61 Å². The Labute approximate surface area is 122 Å². The van der Waals surface area contributed by atoms with E-state index in [0.29, 0.717) is 6.54 Å². The third-order valence-corrected chi connectivity index (χ3v) is 3.25. The van der Waals surface area contributed by atoms with Gasteiger partial charge >= 0.3 is 5.97 Å². The number of rotatable bonds is 7. The zero-order valence-corrected chi connectivity index (χ0v) is 13.1. The second kappa shape index (κ2) is 6.91. The van der Waals surface area contributed by atoms with E-state index < -0.39 is 11.4 Å². The van der Waals surface area contributed by atoms with Crippen molar-refractivity contribution in [3.05, 3.63) is 28.2 Å². The van der Waals surface area contributed by atoms with Gasteiger partial charge in [-0.15, -0.1) is 0 Å². The van der Waals surface area contributed by atoms with Gasteiger partial charge in [0.15, 0.2) is 0 Å². The third-order valence-electron chi connectivity index (χ3n) is 2.76. The molecule has 0 aliphatic rings. The van der Waals surface area contributed by atoms with Gasteiger partial charge in [0.1, 0.15) is 12.4 Å². The van der Waals surface area contributed by atoms with E-state index in [1.807, 2.05) is 25.1 Å². The molecule has 0 amide bonds. The van der Waals surface area contributed by atoms with E-state index in [9.17, 15) is 4.79 Å². The average Bonchev–Trinajstić information content (AvgIpc) is 2.35. The lowest BCUT2D eigenvalue weighted by Crippen LogP contribution is -2.31. The lowest BCUT2D eigenvalue weighted by atomic mass is 9.95. The second-order valence-corrected chi connectivity index (χ2v) is 5.93. The van der Waals surface area contributed by atoms with Crippen LogP contribution in [0.2, 0.25) is 0 Å². The average molecular weight is 330 g/mol. The zero-order chi connectivity index (χ0) is 14.5. The van der Waals surface area contributed by atoms with Crippen LogP contribution in [0, 0.1) is 5.41 Å². The van der Waals surface area contributed by atoms with Gasteiger partial charge in [0, 0.05) is 16.6 Å². The summed E-state index contributed by atoms with van der Waals surface area (Å²) in [5.74, 6) is -0.142. The van der Waals surface area contributed by atoms with Crippen LogP contribution in [-0.4, -0.2) is 24.2 Å². The van der Waals surface area contributed by atoms with E-state index in [1.165, 1.54) is 0 Å². The Bertz CT molecular complexity index is 446. The van der Waals surface area contributed by atoms with Crippen molar-refractivity contribution in [3.63, 3.8) is 0 Å². The van der Waals surface area contributed by atoms with Gasteiger partial charge in [0.2, 0.25) is 0 Å². The minimum Gasteiger partial charge on any atom is -0.492 e. The molecular formula is C14H20BrNO3. The van der Waals surface area contributed by atoms with Gasteiger partial charge in [-0.05, 0) is 38.6 Å². The number of hydrogen-bond acceptors (Lipinski definition) is 3. The van der Waals surface area contributed by atoms with Crippen molar-refractivity contribution < 1.29 is 14.6 Å². The first-order chi connectivity index (χ1) is 8.86. The molecule has 4 nitrogen and oxygen atoms in total. The number of hydrogen-bond donors (Lipinski definition) is 2. The SMILES string of the molecule is CCNCc1cc(Br)ccc1OCC(C)(C)C(=O)O. The molecule has 0 heterocycles. The monoisotopic (exact) mass is 329 g/mol. The Kier molecular flexibility index (Phi) is 5.82. The Hall–Kier alpha value is -1.07. The molecule has 0 aromatic heterocycles. The van der Waals surface area contributed by atoms with Crippen LogP contribution in [0.25, 0.3) is 0 Å². The van der Waals surface area contributed by atoms with Crippen molar-refractivity contribution in [2.75, 3.05) is 13.2 Å². The fourth-order valence-electron chi connectivity index (χ4n) is 1.41. The summed E-state index contributed by atoms with van der Waals surface area (Å²) < 4.78 is 6.65. The highest BCUT2D eigenvalue weighted by Crippen LogP contribution is 2.25. The topological polar surface area (TPSA) is 58.6 Å². The zero-order valence-electron chi connectivity index (χ0n) is 11.5. The number of halogens is 1. The molecule has 2 N–H and O–H groups in total. The smallest absolute Gasteiger partial charge is 0.312 e. The molecule has 0 aliphatic heterocycles. The molecule has 0 aliphatic carbocycles. The summed E-state index contributed by atoms with van der Waals surface area (Å²) in [6, 6.07) is 5.72. The second-order valence-electron chi connectivity index (χ2n) is 5.01. The van der Waals surface area contributed by atoms with Gasteiger partial charge < -0.3 is 15.2 Å². The standard InChI is InChI=1S/C14H20BrNO3/c1-4-16-8-10-7-11(15)5-6-12(10)19-9-14(2,3)13(17)18/h5-7,16H,4,8-9H2,1-3H3,(H,17,18). The van der Waals surface area contributed by atoms with Crippen LogP contribution in [-0.2, 0) is 11.3 Å². The predicted octanol–water partition coefficient (Wildman–Crippen LogP) is 3.05. The fourth-order valence-corrected chi connectivity index (χ4v) is 1.82. The Morgan fingerprint density at radius 1 is 1.47 bits per heavy atom. The summed E-state index contributed by atoms with van der Waals surface area (Å²) >= 11 is 3.42. The number of benzene rings is 1. The van der Waals surface area contributed by atoms with Crippen LogP contribution in [0.4, 0.5) is 0 Å². The van der Waals surface area contributed by atoms with Gasteiger partial charge in [-0.25, -0.2) is 0 Å². The van der Waals surface area contributed by atoms with Crippen molar-refractivity contribution in [1.29, 1.82) is 0 Å². The number of aliphatic carboxylic acids is 1. The maximum atomic E-state index is 11.1. The maximum absolute atomic E-state index is 11.1. The molecule has 0 radical (unpaired) electrons. The Morgan fingerprint density at radius 2 is 2.16 bits per heavy atom. The highest BCUT2D eigenvalue weighted by atomic mass is 79.9. The quantitative estimate of drug-likeness (QED) is 0.807. The summed E-state index contributed by atoms with van der Waals surface area (Å²) in [7, 11) is 0. The molecule has 0 fully saturated rings. The fraction of sp³-hybridized carbons (Fsp3) is 0.500. The van der Waals surface area contributed by atoms with Crippen molar-refractivity contribution in [3.8, 4) is 5.75 Å². The summed E-state index contributed by atoms with van der Waals surface area (Å²) in [4.78, 5) is 11.1. The molecule has 0 saturated heterocycles. The summed E-state index contributed by atoms with van der Waals surface area (Å²) in [5.41, 5.74) is 0.111. The van der Waals surface area contributed by atoms with Crippen LogP contribution in [0.3, 0.4) is 0 Å². The van der Waals surface area contributed by atoms with Gasteiger partial charge in [0.05, 0.1) is 5.41 Å². The lowest BCUT2D eigenvalue weighted by Gasteiger charge is -2.21. The Balaban J connectivity index is 2.79. The van der Waals surface area contributed by atoms with Gasteiger partial charge in [-0.2, -0.15) is 0 Å². The molecule has 1 aromatic rings. The first-order valence-electron chi connectivity index (χ1n) is 6.22. The van der Waals surface area contributed by atoms with Crippen LogP contribution < -0.4 is 10.1 Å². The largest absolute Gasteiger partial charge is 0.492 e. The van der Waals surface area contributed by atoms with Gasteiger partial charge in [0.25, 0.3) is 0 Å². The minimum atomic E-state index is -0.900. The number of nitrogens with one attached hydrogen (secondary N) is 1. The van der Waals surface area contributed by atoms with E-state index in [1.54, 1.807) is 13.8 Å². The van der Waals surface area contributed by atoms with Crippen molar-refractivity contribution >= 4 is 21.9 Å². The van der Waals surface area contributed by atoms with Gasteiger partial charge in [-0.1, -0.05) is 22.9 Å². The normalized spacial score (nSPS) is 11.4. The van der Waals surface area contributed by atoms with Crippen molar-refractivity contribution in [2.45, 2.75) is 27.3 Å². The first-order valence-corrected chi connectivity index (χ1v) is 7.01. The Morgan fingerprint density at radius 3 is 2.74 bits per heavy atom. The summed E-state index contributed by atoms with van der Waals surface area (Å²) in [6.07, 6.45) is 0. The number of carbonyl (C=O) groups is 1. The van der Waals surface area contributed by atoms with Crippen LogP contribution in [0.15, 0.2) is 22.7 Å². The first kappa shape index (κ1) is 16.0. The third kappa shape index (κ3) is 4.84. The molecule has 1 rings (SSSR count). The number of carboxylic acid groups (broad SMARTS) is 1. The molecule has 0 spiro atoms. The molecular weight excluding hydrogens is 310 g/mol.